The molecule has 1 unspecified atom stereocenters. The molecule has 1 aliphatic rings. The van der Waals surface area contributed by atoms with Crippen molar-refractivity contribution in [1.29, 1.82) is 5.26 Å². The van der Waals surface area contributed by atoms with Crippen molar-refractivity contribution in [1.82, 2.24) is 10.0 Å². The number of nitrogens with zero attached hydrogens (tertiary/aromatic N) is 1. The van der Waals surface area contributed by atoms with E-state index in [0.717, 1.165) is 37.6 Å². The van der Waals surface area contributed by atoms with Crippen molar-refractivity contribution in [2.45, 2.75) is 23.3 Å². The van der Waals surface area contributed by atoms with Gasteiger partial charge in [0.25, 0.3) is 0 Å². The highest BCUT2D eigenvalue weighted by Gasteiger charge is 2.34. The lowest BCUT2D eigenvalue weighted by Gasteiger charge is -2.28. The molecule has 1 aliphatic heterocycles. The Kier molecular flexibility index (Phi) is 6.92. The van der Waals surface area contributed by atoms with Crippen LogP contribution in [0.5, 0.6) is 0 Å². The molecule has 0 radical (unpaired) electrons. The number of ether oxygens (including phenoxy) is 1. The second-order valence-corrected chi connectivity index (χ2v) is 7.09. The van der Waals surface area contributed by atoms with Crippen LogP contribution in [-0.4, -0.2) is 40.8 Å². The van der Waals surface area contributed by atoms with Gasteiger partial charge in [-0.1, -0.05) is 0 Å². The van der Waals surface area contributed by atoms with E-state index in [2.05, 4.69) is 10.0 Å². The molecule has 9 heteroatoms. The number of nitriles is 1. The molecule has 2 N–H and O–H groups in total. The van der Waals surface area contributed by atoms with Gasteiger partial charge in [0, 0.05) is 13.7 Å². The maximum absolute atomic E-state index is 13.3. The van der Waals surface area contributed by atoms with Crippen molar-refractivity contribution in [2.75, 3.05) is 26.8 Å². The van der Waals surface area contributed by atoms with E-state index in [-0.39, 0.29) is 29.4 Å². The summed E-state index contributed by atoms with van der Waals surface area (Å²) in [7, 11) is -2.25. The maximum Gasteiger partial charge on any atom is 0.240 e. The summed E-state index contributed by atoms with van der Waals surface area (Å²) >= 11 is 0. The van der Waals surface area contributed by atoms with Gasteiger partial charge < -0.3 is 10.1 Å². The van der Waals surface area contributed by atoms with E-state index in [0.29, 0.717) is 6.61 Å². The van der Waals surface area contributed by atoms with Gasteiger partial charge in [0.1, 0.15) is 11.9 Å². The molecule has 23 heavy (non-hydrogen) atoms. The molecule has 1 saturated heterocycles. The standard InChI is InChI=1S/C14H18FN3O3S.ClH/c1-21-10-14(5-2-6-17-14)9-18-22(19,20)12-3-4-13(15)11(7-12)8-16;/h3-4,7,17-18H,2,5-6,9-10H2,1H3;1H. The van der Waals surface area contributed by atoms with E-state index in [1.807, 2.05) is 0 Å². The third-order valence-electron chi connectivity index (χ3n) is 3.72. The fourth-order valence-corrected chi connectivity index (χ4v) is 3.70. The predicted molar refractivity (Wildman–Crippen MR) is 85.4 cm³/mol. The van der Waals surface area contributed by atoms with Crippen molar-refractivity contribution in [3.05, 3.63) is 29.6 Å². The first-order chi connectivity index (χ1) is 10.4. The Balaban J connectivity index is 0.00000264. The highest BCUT2D eigenvalue weighted by molar-refractivity contribution is 7.89. The molecule has 0 spiro atoms. The van der Waals surface area contributed by atoms with Crippen LogP contribution in [0.1, 0.15) is 18.4 Å². The van der Waals surface area contributed by atoms with E-state index < -0.39 is 21.4 Å². The molecule has 1 atom stereocenters. The van der Waals surface area contributed by atoms with Gasteiger partial charge >= 0.3 is 0 Å². The van der Waals surface area contributed by atoms with Crippen LogP contribution in [0.2, 0.25) is 0 Å². The van der Waals surface area contributed by atoms with Crippen molar-refractivity contribution < 1.29 is 17.5 Å². The highest BCUT2D eigenvalue weighted by atomic mass is 35.5. The van der Waals surface area contributed by atoms with E-state index in [1.54, 1.807) is 13.2 Å². The van der Waals surface area contributed by atoms with Crippen LogP contribution >= 0.6 is 12.4 Å². The molecule has 0 aliphatic carbocycles. The van der Waals surface area contributed by atoms with E-state index in [1.165, 1.54) is 0 Å². The Morgan fingerprint density at radius 3 is 2.83 bits per heavy atom. The molecule has 1 heterocycles. The first-order valence-electron chi connectivity index (χ1n) is 6.86. The number of sulfonamides is 1. The zero-order valence-corrected chi connectivity index (χ0v) is 14.3. The van der Waals surface area contributed by atoms with Crippen LogP contribution in [0.3, 0.4) is 0 Å². The minimum absolute atomic E-state index is 0. The molecule has 6 nitrogen and oxygen atoms in total. The van der Waals surface area contributed by atoms with Crippen LogP contribution in [0, 0.1) is 17.1 Å². The fourth-order valence-electron chi connectivity index (χ4n) is 2.54. The first-order valence-corrected chi connectivity index (χ1v) is 8.34. The van der Waals surface area contributed by atoms with Gasteiger partial charge in [-0.2, -0.15) is 5.26 Å². The zero-order valence-electron chi connectivity index (χ0n) is 12.6. The fraction of sp³-hybridized carbons (Fsp3) is 0.500. The second-order valence-electron chi connectivity index (χ2n) is 5.32. The minimum atomic E-state index is -3.82. The van der Waals surface area contributed by atoms with Crippen LogP contribution in [0.25, 0.3) is 0 Å². The third-order valence-corrected chi connectivity index (χ3v) is 5.12. The van der Waals surface area contributed by atoms with Crippen molar-refractivity contribution >= 4 is 22.4 Å². The summed E-state index contributed by atoms with van der Waals surface area (Å²) in [6.07, 6.45) is 1.75. The number of rotatable bonds is 6. The van der Waals surface area contributed by atoms with Crippen molar-refractivity contribution in [3.8, 4) is 6.07 Å². The van der Waals surface area contributed by atoms with Gasteiger partial charge in [-0.15, -0.1) is 12.4 Å². The smallest absolute Gasteiger partial charge is 0.240 e. The SMILES string of the molecule is COCC1(CNS(=O)(=O)c2ccc(F)c(C#N)c2)CCCN1.Cl. The van der Waals surface area contributed by atoms with Gasteiger partial charge in [0.05, 0.1) is 22.6 Å². The summed E-state index contributed by atoms with van der Waals surface area (Å²) in [6, 6.07) is 4.78. The Labute approximate surface area is 141 Å². The maximum atomic E-state index is 13.3. The summed E-state index contributed by atoms with van der Waals surface area (Å²) < 4.78 is 45.6. The van der Waals surface area contributed by atoms with Crippen LogP contribution in [-0.2, 0) is 14.8 Å². The average molecular weight is 364 g/mol. The lowest BCUT2D eigenvalue weighted by atomic mass is 9.99. The summed E-state index contributed by atoms with van der Waals surface area (Å²) in [5, 5.41) is 12.1. The number of nitrogens with one attached hydrogen (secondary N) is 2. The first kappa shape index (κ1) is 19.8. The summed E-state index contributed by atoms with van der Waals surface area (Å²) in [6.45, 7) is 1.37. The largest absolute Gasteiger partial charge is 0.383 e. The molecule has 1 aromatic carbocycles. The van der Waals surface area contributed by atoms with Gasteiger partial charge in [-0.25, -0.2) is 17.5 Å². The number of hydrogen-bond acceptors (Lipinski definition) is 5. The number of benzene rings is 1. The number of methoxy groups -OCH3 is 1. The van der Waals surface area contributed by atoms with E-state index in [4.69, 9.17) is 10.00 Å². The third kappa shape index (κ3) is 4.62. The van der Waals surface area contributed by atoms with Crippen LogP contribution < -0.4 is 10.0 Å². The van der Waals surface area contributed by atoms with E-state index >= 15 is 0 Å². The molecule has 2 rings (SSSR count). The quantitative estimate of drug-likeness (QED) is 0.791. The predicted octanol–water partition coefficient (Wildman–Crippen LogP) is 1.17. The Morgan fingerprint density at radius 1 is 1.52 bits per heavy atom. The number of halogens is 2. The topological polar surface area (TPSA) is 91.2 Å². The van der Waals surface area contributed by atoms with Crippen molar-refractivity contribution in [2.24, 2.45) is 0 Å². The molecule has 0 saturated carbocycles. The lowest BCUT2D eigenvalue weighted by molar-refractivity contribution is 0.122. The molecule has 0 bridgehead atoms. The van der Waals surface area contributed by atoms with Crippen LogP contribution in [0.15, 0.2) is 23.1 Å². The number of hydrogen-bond donors (Lipinski definition) is 2. The summed E-state index contributed by atoms with van der Waals surface area (Å²) in [5.74, 6) is -0.741. The average Bonchev–Trinajstić information content (AvgIpc) is 2.95. The van der Waals surface area contributed by atoms with Gasteiger partial charge in [0.15, 0.2) is 0 Å². The van der Waals surface area contributed by atoms with Gasteiger partial charge in [0.2, 0.25) is 10.0 Å². The molecule has 1 aromatic rings. The highest BCUT2D eigenvalue weighted by Crippen LogP contribution is 2.20. The molecule has 0 amide bonds. The zero-order chi connectivity index (χ0) is 16.2. The summed E-state index contributed by atoms with van der Waals surface area (Å²) in [4.78, 5) is -0.129. The molecule has 1 fully saturated rings. The minimum Gasteiger partial charge on any atom is -0.383 e. The van der Waals surface area contributed by atoms with E-state index in [9.17, 15) is 12.8 Å². The normalized spacial score (nSPS) is 20.7. The lowest BCUT2D eigenvalue weighted by Crippen LogP contribution is -2.52. The molecule has 128 valence electrons. The Morgan fingerprint density at radius 2 is 2.26 bits per heavy atom. The molecular formula is C14H19ClFN3O3S. The summed E-state index contributed by atoms with van der Waals surface area (Å²) in [5.41, 5.74) is -0.728. The van der Waals surface area contributed by atoms with Gasteiger partial charge in [-0.3, -0.25) is 0 Å². The Hall–Kier alpha value is -1.24. The van der Waals surface area contributed by atoms with Gasteiger partial charge in [-0.05, 0) is 37.6 Å². The molecular weight excluding hydrogens is 345 g/mol. The second kappa shape index (κ2) is 8.04. The monoisotopic (exact) mass is 363 g/mol. The molecule has 0 aromatic heterocycles. The van der Waals surface area contributed by atoms with Crippen molar-refractivity contribution in [3.63, 3.8) is 0 Å². The Bertz CT molecular complexity index is 685. The van der Waals surface area contributed by atoms with Crippen LogP contribution in [0.4, 0.5) is 4.39 Å².